The number of thioether (sulfide) groups is 1. The second-order valence-corrected chi connectivity index (χ2v) is 3.91. The number of rotatable bonds is 3. The van der Waals surface area contributed by atoms with Crippen LogP contribution in [-0.4, -0.2) is 23.1 Å². The fourth-order valence-corrected chi connectivity index (χ4v) is 1.66. The average Bonchev–Trinajstić information content (AvgIpc) is 2.78. The molecular formula is C11H12N2OS. The molecule has 1 aromatic heterocycles. The first-order valence-corrected chi connectivity index (χ1v) is 5.79. The number of hydrogen-bond donors (Lipinski definition) is 0. The van der Waals surface area contributed by atoms with Gasteiger partial charge in [0.25, 0.3) is 0 Å². The van der Waals surface area contributed by atoms with Crippen molar-refractivity contribution in [3.63, 3.8) is 0 Å². The molecule has 1 heterocycles. The molecule has 0 aliphatic carbocycles. The second kappa shape index (κ2) is 4.40. The highest BCUT2D eigenvalue weighted by Gasteiger charge is 2.00. The molecule has 0 amide bonds. The van der Waals surface area contributed by atoms with E-state index in [1.807, 2.05) is 47.6 Å². The Balaban J connectivity index is 2.35. The molecule has 78 valence electrons. The summed E-state index contributed by atoms with van der Waals surface area (Å²) in [6, 6.07) is 7.83. The monoisotopic (exact) mass is 220 g/mol. The van der Waals surface area contributed by atoms with Gasteiger partial charge in [-0.15, -0.1) is 11.8 Å². The molecule has 0 spiro atoms. The van der Waals surface area contributed by atoms with E-state index in [0.29, 0.717) is 0 Å². The summed E-state index contributed by atoms with van der Waals surface area (Å²) in [5.41, 5.74) is 1.01. The molecule has 2 aromatic rings. The summed E-state index contributed by atoms with van der Waals surface area (Å²) >= 11 is 1.68. The average molecular weight is 220 g/mol. The fraction of sp³-hybridized carbons (Fsp3) is 0.182. The molecule has 0 unspecified atom stereocenters. The van der Waals surface area contributed by atoms with Crippen LogP contribution < -0.4 is 4.74 Å². The highest BCUT2D eigenvalue weighted by atomic mass is 32.2. The molecule has 0 aliphatic heterocycles. The first-order chi connectivity index (χ1) is 7.33. The van der Waals surface area contributed by atoms with Crippen LogP contribution in [0.4, 0.5) is 0 Å². The van der Waals surface area contributed by atoms with Crippen molar-refractivity contribution in [3.05, 3.63) is 36.7 Å². The number of nitrogens with zero attached hydrogens (tertiary/aromatic N) is 2. The van der Waals surface area contributed by atoms with Crippen LogP contribution in [0, 0.1) is 0 Å². The van der Waals surface area contributed by atoms with Crippen molar-refractivity contribution in [2.75, 3.05) is 13.4 Å². The van der Waals surface area contributed by atoms with E-state index in [9.17, 15) is 0 Å². The maximum absolute atomic E-state index is 5.16. The van der Waals surface area contributed by atoms with Crippen molar-refractivity contribution < 1.29 is 4.74 Å². The maximum Gasteiger partial charge on any atom is 0.121 e. The fourth-order valence-electron chi connectivity index (χ4n) is 1.31. The van der Waals surface area contributed by atoms with Crippen molar-refractivity contribution in [2.24, 2.45) is 0 Å². The van der Waals surface area contributed by atoms with Gasteiger partial charge in [0, 0.05) is 17.2 Å². The molecule has 2 rings (SSSR count). The van der Waals surface area contributed by atoms with Gasteiger partial charge in [-0.1, -0.05) is 6.07 Å². The zero-order valence-electron chi connectivity index (χ0n) is 8.68. The summed E-state index contributed by atoms with van der Waals surface area (Å²) in [6.07, 6.45) is 5.89. The summed E-state index contributed by atoms with van der Waals surface area (Å²) in [5, 5.41) is 4.27. The van der Waals surface area contributed by atoms with E-state index < -0.39 is 0 Å². The quantitative estimate of drug-likeness (QED) is 0.744. The van der Waals surface area contributed by atoms with Crippen LogP contribution in [-0.2, 0) is 0 Å². The van der Waals surface area contributed by atoms with Gasteiger partial charge < -0.3 is 4.74 Å². The lowest BCUT2D eigenvalue weighted by Crippen LogP contribution is -1.94. The Morgan fingerprint density at radius 2 is 2.27 bits per heavy atom. The topological polar surface area (TPSA) is 27.1 Å². The molecular weight excluding hydrogens is 208 g/mol. The van der Waals surface area contributed by atoms with Gasteiger partial charge >= 0.3 is 0 Å². The van der Waals surface area contributed by atoms with Gasteiger partial charge in [0.15, 0.2) is 0 Å². The van der Waals surface area contributed by atoms with E-state index in [-0.39, 0.29) is 0 Å². The third-order valence-electron chi connectivity index (χ3n) is 2.11. The normalized spacial score (nSPS) is 10.3. The Hall–Kier alpha value is -1.42. The lowest BCUT2D eigenvalue weighted by Gasteiger charge is -2.03. The Bertz CT molecular complexity index is 453. The van der Waals surface area contributed by atoms with E-state index >= 15 is 0 Å². The van der Waals surface area contributed by atoms with E-state index in [1.54, 1.807) is 18.9 Å². The zero-order valence-corrected chi connectivity index (χ0v) is 9.49. The van der Waals surface area contributed by atoms with Gasteiger partial charge in [0.1, 0.15) is 5.75 Å². The molecule has 4 heteroatoms. The Kier molecular flexibility index (Phi) is 2.97. The summed E-state index contributed by atoms with van der Waals surface area (Å²) in [5.74, 6) is 0.841. The van der Waals surface area contributed by atoms with Crippen molar-refractivity contribution in [1.82, 2.24) is 9.78 Å². The molecule has 0 bridgehead atoms. The van der Waals surface area contributed by atoms with Crippen LogP contribution in [0.2, 0.25) is 0 Å². The van der Waals surface area contributed by atoms with Crippen LogP contribution in [0.3, 0.4) is 0 Å². The van der Waals surface area contributed by atoms with Gasteiger partial charge in [-0.25, -0.2) is 4.68 Å². The third-order valence-corrected chi connectivity index (χ3v) is 2.79. The molecule has 0 atom stereocenters. The molecule has 3 nitrogen and oxygen atoms in total. The summed E-state index contributed by atoms with van der Waals surface area (Å²) in [6.45, 7) is 0. The number of benzene rings is 1. The number of hydrogen-bond acceptors (Lipinski definition) is 3. The largest absolute Gasteiger partial charge is 0.497 e. The molecule has 0 saturated carbocycles. The second-order valence-electron chi connectivity index (χ2n) is 3.03. The number of methoxy groups -OCH3 is 1. The first-order valence-electron chi connectivity index (χ1n) is 4.56. The predicted molar refractivity (Wildman–Crippen MR) is 61.9 cm³/mol. The van der Waals surface area contributed by atoms with Crippen LogP contribution >= 0.6 is 11.8 Å². The zero-order chi connectivity index (χ0) is 10.7. The summed E-state index contributed by atoms with van der Waals surface area (Å²) in [4.78, 5) is 1.15. The minimum Gasteiger partial charge on any atom is -0.497 e. The highest BCUT2D eigenvalue weighted by molar-refractivity contribution is 7.98. The molecule has 15 heavy (non-hydrogen) atoms. The van der Waals surface area contributed by atoms with E-state index in [0.717, 1.165) is 16.3 Å². The van der Waals surface area contributed by atoms with Gasteiger partial charge in [0.2, 0.25) is 0 Å². The molecule has 0 radical (unpaired) electrons. The third kappa shape index (κ3) is 2.15. The van der Waals surface area contributed by atoms with Crippen LogP contribution in [0.5, 0.6) is 5.75 Å². The molecule has 0 saturated heterocycles. The van der Waals surface area contributed by atoms with Gasteiger partial charge in [-0.05, 0) is 18.4 Å². The standard InChI is InChI=1S/C11H12N2OS/c1-14-10-5-3-4-9(6-10)13-8-11(15-2)7-12-13/h3-8H,1-2H3. The van der Waals surface area contributed by atoms with Gasteiger partial charge in [-0.2, -0.15) is 5.10 Å². The highest BCUT2D eigenvalue weighted by Crippen LogP contribution is 2.18. The predicted octanol–water partition coefficient (Wildman–Crippen LogP) is 2.60. The summed E-state index contributed by atoms with van der Waals surface area (Å²) in [7, 11) is 1.66. The lowest BCUT2D eigenvalue weighted by molar-refractivity contribution is 0.414. The molecule has 1 aromatic carbocycles. The first kappa shape index (κ1) is 10.1. The minimum absolute atomic E-state index is 0.841. The van der Waals surface area contributed by atoms with Gasteiger partial charge in [-0.3, -0.25) is 0 Å². The number of aromatic nitrogens is 2. The smallest absolute Gasteiger partial charge is 0.121 e. The number of ether oxygens (including phenoxy) is 1. The van der Waals surface area contributed by atoms with Gasteiger partial charge in [0.05, 0.1) is 19.0 Å². The van der Waals surface area contributed by atoms with Crippen LogP contribution in [0.15, 0.2) is 41.6 Å². The molecule has 0 aliphatic rings. The SMILES string of the molecule is COc1cccc(-n2cc(SC)cn2)c1. The van der Waals surface area contributed by atoms with E-state index in [2.05, 4.69) is 5.10 Å². The maximum atomic E-state index is 5.16. The summed E-state index contributed by atoms with van der Waals surface area (Å²) < 4.78 is 7.00. The Labute approximate surface area is 93.1 Å². The Morgan fingerprint density at radius 1 is 1.40 bits per heavy atom. The minimum atomic E-state index is 0.841. The van der Waals surface area contributed by atoms with Crippen molar-refractivity contribution in [3.8, 4) is 11.4 Å². The van der Waals surface area contributed by atoms with Crippen molar-refractivity contribution in [2.45, 2.75) is 4.90 Å². The van der Waals surface area contributed by atoms with E-state index in [1.165, 1.54) is 0 Å². The van der Waals surface area contributed by atoms with Crippen molar-refractivity contribution in [1.29, 1.82) is 0 Å². The Morgan fingerprint density at radius 3 is 2.93 bits per heavy atom. The van der Waals surface area contributed by atoms with Crippen molar-refractivity contribution >= 4 is 11.8 Å². The lowest BCUT2D eigenvalue weighted by atomic mass is 10.3. The van der Waals surface area contributed by atoms with E-state index in [4.69, 9.17) is 4.74 Å². The molecule has 0 N–H and O–H groups in total. The molecule has 0 fully saturated rings. The van der Waals surface area contributed by atoms with Crippen LogP contribution in [0.1, 0.15) is 0 Å². The van der Waals surface area contributed by atoms with Crippen LogP contribution in [0.25, 0.3) is 5.69 Å².